The Bertz CT molecular complexity index is 553. The highest BCUT2D eigenvalue weighted by molar-refractivity contribution is 9.10. The zero-order chi connectivity index (χ0) is 13.2. The van der Waals surface area contributed by atoms with Crippen LogP contribution in [-0.4, -0.2) is 38.9 Å². The molecule has 3 heterocycles. The van der Waals surface area contributed by atoms with E-state index in [2.05, 4.69) is 40.3 Å². The molecule has 7 heteroatoms. The summed E-state index contributed by atoms with van der Waals surface area (Å²) in [7, 11) is 0. The van der Waals surface area contributed by atoms with Gasteiger partial charge in [-0.25, -0.2) is 15.0 Å². The van der Waals surface area contributed by atoms with E-state index in [0.717, 1.165) is 35.1 Å². The van der Waals surface area contributed by atoms with Crippen LogP contribution in [0.1, 0.15) is 0 Å². The van der Waals surface area contributed by atoms with E-state index in [1.54, 1.807) is 11.8 Å². The summed E-state index contributed by atoms with van der Waals surface area (Å²) in [5, 5.41) is 0.816. The Kier molecular flexibility index (Phi) is 3.74. The lowest BCUT2D eigenvalue weighted by Crippen LogP contribution is -2.49. The predicted octanol–water partition coefficient (Wildman–Crippen LogP) is 2.29. The van der Waals surface area contributed by atoms with Gasteiger partial charge in [-0.05, 0) is 22.2 Å². The van der Waals surface area contributed by atoms with Crippen LogP contribution in [0.25, 0.3) is 0 Å². The summed E-state index contributed by atoms with van der Waals surface area (Å²) in [5.41, 5.74) is 0. The minimum atomic E-state index is 0.661. The first-order valence-corrected chi connectivity index (χ1v) is 8.05. The van der Waals surface area contributed by atoms with Gasteiger partial charge in [-0.2, -0.15) is 0 Å². The standard InChI is InChI=1S/C12H14BrN5S/c1-19-12-15-4-10(13)11(16-12)18-6-9(7-18)5-17-3-2-14-8-17/h2-4,8-9H,5-7H2,1H3. The van der Waals surface area contributed by atoms with Gasteiger partial charge in [-0.3, -0.25) is 0 Å². The van der Waals surface area contributed by atoms with Crippen LogP contribution in [0, 0.1) is 5.92 Å². The summed E-state index contributed by atoms with van der Waals surface area (Å²) < 4.78 is 3.09. The highest BCUT2D eigenvalue weighted by Gasteiger charge is 2.29. The molecule has 2 aromatic rings. The quantitative estimate of drug-likeness (QED) is 0.631. The molecule has 0 unspecified atom stereocenters. The number of nitrogens with zero attached hydrogens (tertiary/aromatic N) is 5. The van der Waals surface area contributed by atoms with E-state index in [-0.39, 0.29) is 0 Å². The number of imidazole rings is 1. The summed E-state index contributed by atoms with van der Waals surface area (Å²) in [6.45, 7) is 3.08. The largest absolute Gasteiger partial charge is 0.355 e. The van der Waals surface area contributed by atoms with Gasteiger partial charge in [-0.15, -0.1) is 0 Å². The fourth-order valence-electron chi connectivity index (χ4n) is 2.21. The third kappa shape index (κ3) is 2.76. The fraction of sp³-hybridized carbons (Fsp3) is 0.417. The predicted molar refractivity (Wildman–Crippen MR) is 79.4 cm³/mol. The van der Waals surface area contributed by atoms with Crippen LogP contribution < -0.4 is 4.90 Å². The monoisotopic (exact) mass is 339 g/mol. The minimum Gasteiger partial charge on any atom is -0.355 e. The molecule has 19 heavy (non-hydrogen) atoms. The summed E-state index contributed by atoms with van der Waals surface area (Å²) in [6.07, 6.45) is 9.52. The molecule has 5 nitrogen and oxygen atoms in total. The molecule has 3 rings (SSSR count). The lowest BCUT2D eigenvalue weighted by atomic mass is 10.0. The Hall–Kier alpha value is -1.08. The van der Waals surface area contributed by atoms with Crippen LogP contribution in [0.2, 0.25) is 0 Å². The summed E-state index contributed by atoms with van der Waals surface area (Å²) in [5.74, 6) is 1.66. The average Bonchev–Trinajstić information content (AvgIpc) is 2.87. The van der Waals surface area contributed by atoms with E-state index in [4.69, 9.17) is 0 Å². The SMILES string of the molecule is CSc1ncc(Br)c(N2CC(Cn3ccnc3)C2)n1. The Morgan fingerprint density at radius 2 is 2.32 bits per heavy atom. The van der Waals surface area contributed by atoms with Gasteiger partial charge in [0.05, 0.1) is 10.8 Å². The van der Waals surface area contributed by atoms with E-state index < -0.39 is 0 Å². The zero-order valence-electron chi connectivity index (χ0n) is 10.5. The lowest BCUT2D eigenvalue weighted by Gasteiger charge is -2.40. The summed E-state index contributed by atoms with van der Waals surface area (Å²) in [6, 6.07) is 0. The van der Waals surface area contributed by atoms with Crippen LogP contribution in [0.5, 0.6) is 0 Å². The van der Waals surface area contributed by atoms with Gasteiger partial charge in [0.2, 0.25) is 0 Å². The van der Waals surface area contributed by atoms with Gasteiger partial charge < -0.3 is 9.47 Å². The van der Waals surface area contributed by atoms with E-state index in [0.29, 0.717) is 5.92 Å². The van der Waals surface area contributed by atoms with Crippen molar-refractivity contribution in [3.63, 3.8) is 0 Å². The molecule has 0 radical (unpaired) electrons. The fourth-order valence-corrected chi connectivity index (χ4v) is 2.99. The van der Waals surface area contributed by atoms with E-state index in [1.807, 2.05) is 31.2 Å². The number of anilines is 1. The van der Waals surface area contributed by atoms with Crippen molar-refractivity contribution in [2.75, 3.05) is 24.2 Å². The minimum absolute atomic E-state index is 0.661. The first-order chi connectivity index (χ1) is 9.26. The van der Waals surface area contributed by atoms with Crippen molar-refractivity contribution in [3.05, 3.63) is 29.4 Å². The first kappa shape index (κ1) is 12.9. The van der Waals surface area contributed by atoms with Crippen molar-refractivity contribution in [1.82, 2.24) is 19.5 Å². The molecule has 0 aromatic carbocycles. The number of thioether (sulfide) groups is 1. The zero-order valence-corrected chi connectivity index (χ0v) is 12.9. The Balaban J connectivity index is 1.64. The van der Waals surface area contributed by atoms with Gasteiger partial charge in [0.25, 0.3) is 0 Å². The molecule has 1 aliphatic heterocycles. The molecule has 0 bridgehead atoms. The second-order valence-electron chi connectivity index (χ2n) is 4.56. The topological polar surface area (TPSA) is 46.8 Å². The van der Waals surface area contributed by atoms with Gasteiger partial charge in [0, 0.05) is 44.1 Å². The van der Waals surface area contributed by atoms with Crippen molar-refractivity contribution < 1.29 is 0 Å². The molecule has 0 saturated carbocycles. The summed E-state index contributed by atoms with van der Waals surface area (Å²) in [4.78, 5) is 15.2. The van der Waals surface area contributed by atoms with Gasteiger partial charge >= 0.3 is 0 Å². The second kappa shape index (κ2) is 5.50. The molecular formula is C12H14BrN5S. The molecule has 0 N–H and O–H groups in total. The van der Waals surface area contributed by atoms with Crippen LogP contribution >= 0.6 is 27.7 Å². The molecule has 1 fully saturated rings. The van der Waals surface area contributed by atoms with Crippen LogP contribution in [0.15, 0.2) is 34.5 Å². The number of halogens is 1. The van der Waals surface area contributed by atoms with Crippen molar-refractivity contribution in [2.24, 2.45) is 5.92 Å². The Labute approximate surface area is 124 Å². The third-order valence-electron chi connectivity index (χ3n) is 3.17. The molecule has 0 atom stereocenters. The smallest absolute Gasteiger partial charge is 0.189 e. The number of rotatable bonds is 4. The van der Waals surface area contributed by atoms with E-state index in [1.165, 1.54) is 0 Å². The molecular weight excluding hydrogens is 326 g/mol. The first-order valence-electron chi connectivity index (χ1n) is 6.03. The number of aromatic nitrogens is 4. The number of hydrogen-bond acceptors (Lipinski definition) is 5. The molecule has 1 saturated heterocycles. The van der Waals surface area contributed by atoms with Crippen molar-refractivity contribution in [2.45, 2.75) is 11.7 Å². The van der Waals surface area contributed by atoms with Crippen LogP contribution in [0.4, 0.5) is 5.82 Å². The lowest BCUT2D eigenvalue weighted by molar-refractivity contribution is 0.354. The average molecular weight is 340 g/mol. The number of hydrogen-bond donors (Lipinski definition) is 0. The highest BCUT2D eigenvalue weighted by Crippen LogP contribution is 2.31. The maximum atomic E-state index is 4.56. The van der Waals surface area contributed by atoms with Crippen molar-refractivity contribution in [3.8, 4) is 0 Å². The van der Waals surface area contributed by atoms with E-state index in [9.17, 15) is 0 Å². The second-order valence-corrected chi connectivity index (χ2v) is 6.19. The molecule has 100 valence electrons. The molecule has 1 aliphatic rings. The maximum Gasteiger partial charge on any atom is 0.189 e. The van der Waals surface area contributed by atoms with Crippen molar-refractivity contribution >= 4 is 33.5 Å². The van der Waals surface area contributed by atoms with E-state index >= 15 is 0 Å². The third-order valence-corrected chi connectivity index (χ3v) is 4.29. The summed E-state index contributed by atoms with van der Waals surface area (Å²) >= 11 is 5.09. The van der Waals surface area contributed by atoms with Crippen LogP contribution in [-0.2, 0) is 6.54 Å². The molecule has 0 aliphatic carbocycles. The Morgan fingerprint density at radius 1 is 1.47 bits per heavy atom. The van der Waals surface area contributed by atoms with Crippen LogP contribution in [0.3, 0.4) is 0 Å². The normalized spacial score (nSPS) is 15.6. The van der Waals surface area contributed by atoms with Gasteiger partial charge in [0.1, 0.15) is 5.82 Å². The van der Waals surface area contributed by atoms with Gasteiger partial charge in [-0.1, -0.05) is 11.8 Å². The van der Waals surface area contributed by atoms with Crippen molar-refractivity contribution in [1.29, 1.82) is 0 Å². The molecule has 0 amide bonds. The maximum absolute atomic E-state index is 4.56. The molecule has 0 spiro atoms. The highest BCUT2D eigenvalue weighted by atomic mass is 79.9. The Morgan fingerprint density at radius 3 is 3.00 bits per heavy atom. The molecule has 2 aromatic heterocycles. The van der Waals surface area contributed by atoms with Gasteiger partial charge in [0.15, 0.2) is 5.16 Å².